The first kappa shape index (κ1) is 23.2. The van der Waals surface area contributed by atoms with E-state index < -0.39 is 43.1 Å². The van der Waals surface area contributed by atoms with Crippen LogP contribution in [-0.2, 0) is 16.1 Å². The number of phenolic OH excluding ortho intramolecular Hbond substituents is 1. The fraction of sp³-hybridized carbons (Fsp3) is 0.350. The van der Waals surface area contributed by atoms with Crippen molar-refractivity contribution < 1.29 is 34.8 Å². The molecule has 0 bridgehead atoms. The summed E-state index contributed by atoms with van der Waals surface area (Å²) in [6.45, 7) is -0.311. The molecule has 1 aliphatic heterocycles. The second-order valence-corrected chi connectivity index (χ2v) is 7.57. The molecule has 2 amide bonds. The van der Waals surface area contributed by atoms with Crippen molar-refractivity contribution in [3.8, 4) is 5.75 Å². The van der Waals surface area contributed by atoms with Crippen LogP contribution in [-0.4, -0.2) is 83.3 Å². The number of nitrogens with zero attached hydrogens (tertiary/aromatic N) is 4. The first-order valence-corrected chi connectivity index (χ1v) is 10.3. The van der Waals surface area contributed by atoms with E-state index in [0.717, 1.165) is 5.56 Å². The highest BCUT2D eigenvalue weighted by Crippen LogP contribution is 2.32. The smallest absolute Gasteiger partial charge is 0.323 e. The number of aromatic hydroxyl groups is 1. The number of aromatic nitrogens is 4. The number of anilines is 1. The second-order valence-electron chi connectivity index (χ2n) is 7.57. The Morgan fingerprint density at radius 2 is 1.82 bits per heavy atom. The summed E-state index contributed by atoms with van der Waals surface area (Å²) >= 11 is 0. The molecular weight excluding hydrogens is 450 g/mol. The molecule has 4 atom stereocenters. The van der Waals surface area contributed by atoms with Gasteiger partial charge in [0.2, 0.25) is 0 Å². The lowest BCUT2D eigenvalue weighted by atomic mass is 10.1. The SMILES string of the molecule is O=C(O)CNC(=O)NC[C@H]1O[C@@H](n2cnc3c(NCc4ccc(O)cc4)ncnc32)[C@@H](O)C1O. The Bertz CT molecular complexity index is 1170. The maximum absolute atomic E-state index is 11.7. The summed E-state index contributed by atoms with van der Waals surface area (Å²) in [6, 6.07) is 5.93. The van der Waals surface area contributed by atoms with E-state index in [2.05, 4.69) is 30.9 Å². The number of amides is 2. The molecule has 34 heavy (non-hydrogen) atoms. The van der Waals surface area contributed by atoms with Crippen molar-refractivity contribution >= 4 is 29.0 Å². The van der Waals surface area contributed by atoms with Crippen LogP contribution in [0.1, 0.15) is 11.8 Å². The summed E-state index contributed by atoms with van der Waals surface area (Å²) in [7, 11) is 0. The molecule has 0 radical (unpaired) electrons. The number of hydrogen-bond donors (Lipinski definition) is 7. The van der Waals surface area contributed by atoms with E-state index in [1.807, 2.05) is 0 Å². The molecule has 4 rings (SSSR count). The van der Waals surface area contributed by atoms with E-state index in [-0.39, 0.29) is 12.3 Å². The first-order valence-electron chi connectivity index (χ1n) is 10.3. The monoisotopic (exact) mass is 473 g/mol. The maximum Gasteiger partial charge on any atom is 0.323 e. The van der Waals surface area contributed by atoms with Gasteiger partial charge in [-0.3, -0.25) is 9.36 Å². The Labute approximate surface area is 192 Å². The van der Waals surface area contributed by atoms with Crippen LogP contribution in [0, 0.1) is 0 Å². The number of imidazole rings is 1. The minimum Gasteiger partial charge on any atom is -0.508 e. The van der Waals surface area contributed by atoms with Gasteiger partial charge in [-0.1, -0.05) is 12.1 Å². The van der Waals surface area contributed by atoms with Gasteiger partial charge in [-0.15, -0.1) is 0 Å². The number of aliphatic hydroxyl groups is 2. The molecule has 0 saturated carbocycles. The van der Waals surface area contributed by atoms with Crippen molar-refractivity contribution in [3.63, 3.8) is 0 Å². The summed E-state index contributed by atoms with van der Waals surface area (Å²) in [5.74, 6) is -0.592. The van der Waals surface area contributed by atoms with E-state index >= 15 is 0 Å². The number of rotatable bonds is 8. The van der Waals surface area contributed by atoms with Crippen LogP contribution in [0.4, 0.5) is 10.6 Å². The number of urea groups is 1. The molecular formula is C20H23N7O7. The number of aliphatic carboxylic acids is 1. The van der Waals surface area contributed by atoms with Gasteiger partial charge in [-0.2, -0.15) is 0 Å². The number of benzene rings is 1. The zero-order valence-corrected chi connectivity index (χ0v) is 17.7. The van der Waals surface area contributed by atoms with Crippen LogP contribution in [0.3, 0.4) is 0 Å². The van der Waals surface area contributed by atoms with Crippen molar-refractivity contribution in [2.45, 2.75) is 31.1 Å². The second kappa shape index (κ2) is 9.86. The lowest BCUT2D eigenvalue weighted by molar-refractivity contribution is -0.135. The Balaban J connectivity index is 1.44. The lowest BCUT2D eigenvalue weighted by Crippen LogP contribution is -2.44. The number of ether oxygens (including phenoxy) is 1. The highest BCUT2D eigenvalue weighted by Gasteiger charge is 2.44. The minimum absolute atomic E-state index is 0.165. The molecule has 2 aromatic heterocycles. The third-order valence-electron chi connectivity index (χ3n) is 5.23. The van der Waals surface area contributed by atoms with E-state index in [0.29, 0.717) is 23.5 Å². The van der Waals surface area contributed by atoms with Crippen molar-refractivity contribution in [3.05, 3.63) is 42.5 Å². The molecule has 1 saturated heterocycles. The fourth-order valence-corrected chi connectivity index (χ4v) is 3.51. The molecule has 14 heteroatoms. The third-order valence-corrected chi connectivity index (χ3v) is 5.23. The van der Waals surface area contributed by atoms with Crippen LogP contribution < -0.4 is 16.0 Å². The number of carboxylic acid groups (broad SMARTS) is 1. The zero-order chi connectivity index (χ0) is 24.2. The van der Waals surface area contributed by atoms with Gasteiger partial charge in [0.15, 0.2) is 23.2 Å². The molecule has 1 unspecified atom stereocenters. The predicted octanol–water partition coefficient (Wildman–Crippen LogP) is -0.853. The predicted molar refractivity (Wildman–Crippen MR) is 116 cm³/mol. The Morgan fingerprint density at radius 3 is 2.56 bits per heavy atom. The molecule has 0 aliphatic carbocycles. The quantitative estimate of drug-likeness (QED) is 0.214. The van der Waals surface area contributed by atoms with Crippen molar-refractivity contribution in [2.24, 2.45) is 0 Å². The molecule has 7 N–H and O–H groups in total. The Kier molecular flexibility index (Phi) is 6.72. The number of aliphatic hydroxyl groups excluding tert-OH is 2. The highest BCUT2D eigenvalue weighted by atomic mass is 16.6. The van der Waals surface area contributed by atoms with E-state index in [4.69, 9.17) is 9.84 Å². The van der Waals surface area contributed by atoms with Crippen molar-refractivity contribution in [1.82, 2.24) is 30.2 Å². The number of carbonyl (C=O) groups excluding carboxylic acids is 1. The van der Waals surface area contributed by atoms with Gasteiger partial charge in [-0.05, 0) is 17.7 Å². The summed E-state index contributed by atoms with van der Waals surface area (Å²) in [5.41, 5.74) is 1.68. The maximum atomic E-state index is 11.7. The van der Waals surface area contributed by atoms with Crippen LogP contribution >= 0.6 is 0 Å². The normalized spacial score (nSPS) is 21.9. The summed E-state index contributed by atoms with van der Waals surface area (Å²) in [6.07, 6.45) is -1.92. The molecule has 3 heterocycles. The lowest BCUT2D eigenvalue weighted by Gasteiger charge is -2.16. The molecule has 3 aromatic rings. The molecule has 180 valence electrons. The summed E-state index contributed by atoms with van der Waals surface area (Å²) in [5, 5.41) is 46.6. The number of fused-ring (bicyclic) bond motifs is 1. The van der Waals surface area contributed by atoms with Crippen LogP contribution in [0.25, 0.3) is 11.2 Å². The molecule has 1 aliphatic rings. The third kappa shape index (κ3) is 4.98. The Morgan fingerprint density at radius 1 is 1.06 bits per heavy atom. The number of carbonyl (C=O) groups is 2. The zero-order valence-electron chi connectivity index (χ0n) is 17.7. The molecule has 14 nitrogen and oxygen atoms in total. The fourth-order valence-electron chi connectivity index (χ4n) is 3.51. The van der Waals surface area contributed by atoms with Gasteiger partial charge >= 0.3 is 12.0 Å². The molecule has 1 fully saturated rings. The van der Waals surface area contributed by atoms with E-state index in [1.165, 1.54) is 17.2 Å². The first-order chi connectivity index (χ1) is 16.3. The van der Waals surface area contributed by atoms with E-state index in [9.17, 15) is 24.9 Å². The van der Waals surface area contributed by atoms with Crippen molar-refractivity contribution in [1.29, 1.82) is 0 Å². The molecule has 1 aromatic carbocycles. The minimum atomic E-state index is -1.34. The van der Waals surface area contributed by atoms with Gasteiger partial charge in [-0.25, -0.2) is 19.7 Å². The number of nitrogens with one attached hydrogen (secondary N) is 3. The van der Waals surface area contributed by atoms with Gasteiger partial charge in [0.25, 0.3) is 0 Å². The molecule has 0 spiro atoms. The highest BCUT2D eigenvalue weighted by molar-refractivity contribution is 5.82. The van der Waals surface area contributed by atoms with Crippen LogP contribution in [0.15, 0.2) is 36.9 Å². The standard InChI is InChI=1S/C20H23N7O7/c28-11-3-1-10(2-4-11)5-21-17-14-18(25-8-24-17)27(9-26-14)19-16(32)15(31)12(34-19)6-22-20(33)23-7-13(29)30/h1-4,8-9,12,15-16,19,28,31-32H,5-7H2,(H,29,30)(H,21,24,25)(H2,22,23,33)/t12-,15?,16+,19-/m1/s1. The average Bonchev–Trinajstić information content (AvgIpc) is 3.37. The number of hydrogen-bond acceptors (Lipinski definition) is 10. The van der Waals surface area contributed by atoms with Crippen LogP contribution in [0.2, 0.25) is 0 Å². The average molecular weight is 473 g/mol. The van der Waals surface area contributed by atoms with Gasteiger partial charge in [0.05, 0.1) is 6.33 Å². The van der Waals surface area contributed by atoms with Gasteiger partial charge < -0.3 is 41.1 Å². The van der Waals surface area contributed by atoms with Crippen molar-refractivity contribution in [2.75, 3.05) is 18.4 Å². The Hall–Kier alpha value is -4.01. The number of carboxylic acids is 1. The topological polar surface area (TPSA) is 204 Å². The summed E-state index contributed by atoms with van der Waals surface area (Å²) < 4.78 is 7.21. The number of phenols is 1. The van der Waals surface area contributed by atoms with Gasteiger partial charge in [0.1, 0.15) is 36.9 Å². The van der Waals surface area contributed by atoms with Gasteiger partial charge in [0, 0.05) is 13.1 Å². The summed E-state index contributed by atoms with van der Waals surface area (Å²) in [4.78, 5) is 34.9. The van der Waals surface area contributed by atoms with E-state index in [1.54, 1.807) is 24.3 Å². The van der Waals surface area contributed by atoms with Crippen LogP contribution in [0.5, 0.6) is 5.75 Å². The largest absolute Gasteiger partial charge is 0.508 e.